The lowest BCUT2D eigenvalue weighted by atomic mass is 9.72. The van der Waals surface area contributed by atoms with Gasteiger partial charge in [0, 0.05) is 18.2 Å². The molecule has 0 bridgehead atoms. The van der Waals surface area contributed by atoms with Crippen LogP contribution in [-0.4, -0.2) is 32.7 Å². The first-order valence-electron chi connectivity index (χ1n) is 8.48. The molecule has 0 aliphatic carbocycles. The fourth-order valence-corrected chi connectivity index (χ4v) is 3.04. The van der Waals surface area contributed by atoms with Crippen LogP contribution in [0.25, 0.3) is 0 Å². The number of hydrogen-bond donors (Lipinski definition) is 0. The van der Waals surface area contributed by atoms with Crippen LogP contribution in [0.4, 0.5) is 17.6 Å². The van der Waals surface area contributed by atoms with Gasteiger partial charge in [-0.05, 0) is 45.1 Å². The van der Waals surface area contributed by atoms with E-state index in [9.17, 15) is 17.6 Å². The van der Waals surface area contributed by atoms with Crippen LogP contribution in [0.1, 0.15) is 59.8 Å². The molecule has 1 unspecified atom stereocenters. The average Bonchev–Trinajstić information content (AvgIpc) is 2.56. The zero-order valence-electron chi connectivity index (χ0n) is 15.7. The lowest BCUT2D eigenvalue weighted by Gasteiger charge is -2.35. The van der Waals surface area contributed by atoms with Crippen molar-refractivity contribution in [1.82, 2.24) is 0 Å². The van der Waals surface area contributed by atoms with Crippen LogP contribution >= 0.6 is 0 Å². The van der Waals surface area contributed by atoms with Crippen LogP contribution in [-0.2, 0) is 4.74 Å². The van der Waals surface area contributed by atoms with E-state index in [2.05, 4.69) is 4.99 Å². The highest BCUT2D eigenvalue weighted by Crippen LogP contribution is 2.47. The van der Waals surface area contributed by atoms with Crippen molar-refractivity contribution < 1.29 is 22.3 Å². The van der Waals surface area contributed by atoms with Crippen molar-refractivity contribution in [3.05, 3.63) is 11.8 Å². The third-order valence-corrected chi connectivity index (χ3v) is 5.29. The second-order valence-corrected chi connectivity index (χ2v) is 6.28. The molecular formula is C18H31F4NO. The average molecular weight is 353 g/mol. The molecule has 0 aromatic heterocycles. The van der Waals surface area contributed by atoms with E-state index in [1.807, 2.05) is 13.8 Å². The molecule has 0 amide bonds. The van der Waals surface area contributed by atoms with E-state index in [-0.39, 0.29) is 12.2 Å². The largest absolute Gasteiger partial charge is 0.500 e. The zero-order valence-corrected chi connectivity index (χ0v) is 15.7. The van der Waals surface area contributed by atoms with Crippen LogP contribution in [0, 0.1) is 10.8 Å². The number of rotatable bonds is 10. The molecule has 0 aromatic carbocycles. The third kappa shape index (κ3) is 4.73. The standard InChI is InChI=1S/C18H31F4NO/c1-7-16(4,18(20,21)22)15(24-6)13-14(23-5)17(8-2,9-3)11-10-12-19/h13H,7-12H2,1-6H3/b15-13-,23-14?. The maximum Gasteiger partial charge on any atom is 0.401 e. The van der Waals surface area contributed by atoms with E-state index < -0.39 is 23.7 Å². The molecule has 0 rings (SSSR count). The van der Waals surface area contributed by atoms with Gasteiger partial charge >= 0.3 is 6.18 Å². The molecule has 24 heavy (non-hydrogen) atoms. The first kappa shape index (κ1) is 22.9. The van der Waals surface area contributed by atoms with E-state index in [0.29, 0.717) is 31.4 Å². The Labute approximate surface area is 143 Å². The quantitative estimate of drug-likeness (QED) is 0.263. The lowest BCUT2D eigenvalue weighted by Crippen LogP contribution is -2.38. The van der Waals surface area contributed by atoms with Gasteiger partial charge in [0.2, 0.25) is 0 Å². The van der Waals surface area contributed by atoms with Crippen molar-refractivity contribution in [3.8, 4) is 0 Å². The lowest BCUT2D eigenvalue weighted by molar-refractivity contribution is -0.215. The Kier molecular flexibility index (Phi) is 9.00. The number of ether oxygens (including phenoxy) is 1. The summed E-state index contributed by atoms with van der Waals surface area (Å²) in [5, 5.41) is 0. The Hall–Kier alpha value is -1.07. The highest BCUT2D eigenvalue weighted by molar-refractivity contribution is 6.00. The third-order valence-electron chi connectivity index (χ3n) is 5.29. The maximum absolute atomic E-state index is 13.5. The number of hydrogen-bond acceptors (Lipinski definition) is 2. The molecule has 6 heteroatoms. The van der Waals surface area contributed by atoms with Crippen LogP contribution < -0.4 is 0 Å². The monoisotopic (exact) mass is 353 g/mol. The summed E-state index contributed by atoms with van der Waals surface area (Å²) in [6, 6.07) is 0. The van der Waals surface area contributed by atoms with Gasteiger partial charge in [-0.1, -0.05) is 20.8 Å². The van der Waals surface area contributed by atoms with Gasteiger partial charge in [-0.2, -0.15) is 13.2 Å². The molecule has 0 saturated carbocycles. The number of nitrogens with zero attached hydrogens (tertiary/aromatic N) is 1. The van der Waals surface area contributed by atoms with Gasteiger partial charge in [0.25, 0.3) is 0 Å². The molecule has 0 aromatic rings. The van der Waals surface area contributed by atoms with Crippen LogP contribution in [0.5, 0.6) is 0 Å². The maximum atomic E-state index is 13.5. The summed E-state index contributed by atoms with van der Waals surface area (Å²) >= 11 is 0. The highest BCUT2D eigenvalue weighted by atomic mass is 19.4. The minimum Gasteiger partial charge on any atom is -0.500 e. The molecule has 142 valence electrons. The Morgan fingerprint density at radius 3 is 1.92 bits per heavy atom. The topological polar surface area (TPSA) is 21.6 Å². The molecule has 0 spiro atoms. The number of alkyl halides is 4. The first-order valence-corrected chi connectivity index (χ1v) is 8.48. The predicted octanol–water partition coefficient (Wildman–Crippen LogP) is 6.12. The molecule has 0 saturated heterocycles. The van der Waals surface area contributed by atoms with Gasteiger partial charge in [-0.25, -0.2) is 0 Å². The molecule has 0 aliphatic rings. The minimum atomic E-state index is -4.43. The molecule has 0 radical (unpaired) electrons. The summed E-state index contributed by atoms with van der Waals surface area (Å²) in [5.74, 6) is -0.148. The number of halogens is 4. The fraction of sp³-hybridized carbons (Fsp3) is 0.833. The second-order valence-electron chi connectivity index (χ2n) is 6.28. The Bertz CT molecular complexity index is 439. The van der Waals surface area contributed by atoms with E-state index in [1.54, 1.807) is 7.05 Å². The first-order chi connectivity index (χ1) is 11.1. The Morgan fingerprint density at radius 1 is 1.08 bits per heavy atom. The van der Waals surface area contributed by atoms with E-state index >= 15 is 0 Å². The van der Waals surface area contributed by atoms with Crippen LogP contribution in [0.3, 0.4) is 0 Å². The smallest absolute Gasteiger partial charge is 0.401 e. The van der Waals surface area contributed by atoms with Gasteiger partial charge in [0.1, 0.15) is 11.2 Å². The van der Waals surface area contributed by atoms with Crippen molar-refractivity contribution in [2.24, 2.45) is 15.8 Å². The van der Waals surface area contributed by atoms with Crippen molar-refractivity contribution in [2.75, 3.05) is 20.8 Å². The summed E-state index contributed by atoms with van der Waals surface area (Å²) in [6.07, 6.45) is -0.878. The van der Waals surface area contributed by atoms with Crippen molar-refractivity contribution >= 4 is 5.71 Å². The molecule has 0 N–H and O–H groups in total. The summed E-state index contributed by atoms with van der Waals surface area (Å²) in [6.45, 7) is 6.08. The van der Waals surface area contributed by atoms with Crippen molar-refractivity contribution in [2.45, 2.75) is 66.0 Å². The van der Waals surface area contributed by atoms with E-state index in [4.69, 9.17) is 4.74 Å². The summed E-state index contributed by atoms with van der Waals surface area (Å²) in [4.78, 5) is 4.24. The highest BCUT2D eigenvalue weighted by Gasteiger charge is 2.53. The molecule has 2 nitrogen and oxygen atoms in total. The van der Waals surface area contributed by atoms with Gasteiger partial charge in [-0.15, -0.1) is 0 Å². The normalized spacial score (nSPS) is 16.9. The van der Waals surface area contributed by atoms with E-state index in [1.165, 1.54) is 20.1 Å². The summed E-state index contributed by atoms with van der Waals surface area (Å²) in [7, 11) is 2.81. The predicted molar refractivity (Wildman–Crippen MR) is 91.1 cm³/mol. The molecule has 1 atom stereocenters. The number of methoxy groups -OCH3 is 1. The SMILES string of the molecule is CCC(CC)(CCCF)C(/C=C(\OC)C(C)(CC)C(F)(F)F)=NC. The van der Waals surface area contributed by atoms with Crippen molar-refractivity contribution in [1.29, 1.82) is 0 Å². The van der Waals surface area contributed by atoms with Gasteiger partial charge in [-0.3, -0.25) is 9.38 Å². The Balaban J connectivity index is 6.07. The molecule has 0 aliphatic heterocycles. The van der Waals surface area contributed by atoms with Crippen LogP contribution in [0.2, 0.25) is 0 Å². The van der Waals surface area contributed by atoms with Crippen molar-refractivity contribution in [3.63, 3.8) is 0 Å². The summed E-state index contributed by atoms with van der Waals surface area (Å²) < 4.78 is 58.5. The molecule has 0 fully saturated rings. The number of aliphatic imine (C=N–C) groups is 1. The Morgan fingerprint density at radius 2 is 1.62 bits per heavy atom. The second kappa shape index (κ2) is 9.42. The minimum absolute atomic E-state index is 0.136. The fourth-order valence-electron chi connectivity index (χ4n) is 3.04. The van der Waals surface area contributed by atoms with Crippen LogP contribution in [0.15, 0.2) is 16.8 Å². The molecule has 0 heterocycles. The van der Waals surface area contributed by atoms with Gasteiger partial charge < -0.3 is 4.74 Å². The van der Waals surface area contributed by atoms with Gasteiger partial charge in [0.15, 0.2) is 0 Å². The zero-order chi connectivity index (χ0) is 19.0. The van der Waals surface area contributed by atoms with Gasteiger partial charge in [0.05, 0.1) is 13.8 Å². The van der Waals surface area contributed by atoms with E-state index in [0.717, 1.165) is 6.92 Å². The number of allylic oxidation sites excluding steroid dienone is 2. The molecular weight excluding hydrogens is 322 g/mol. The summed E-state index contributed by atoms with van der Waals surface area (Å²) in [5.41, 5.74) is -1.97.